The zero-order valence-electron chi connectivity index (χ0n) is 15.8. The zero-order chi connectivity index (χ0) is 19.1. The predicted molar refractivity (Wildman–Crippen MR) is 108 cm³/mol. The first-order chi connectivity index (χ1) is 13.1. The zero-order valence-corrected chi connectivity index (χ0v) is 15.8. The number of amides is 1. The molecule has 0 aliphatic heterocycles. The van der Waals surface area contributed by atoms with Gasteiger partial charge >= 0.3 is 0 Å². The lowest BCUT2D eigenvalue weighted by Crippen LogP contribution is -2.34. The first kappa shape index (κ1) is 19.6. The van der Waals surface area contributed by atoms with E-state index >= 15 is 0 Å². The van der Waals surface area contributed by atoms with Crippen LogP contribution in [0.5, 0.6) is 0 Å². The van der Waals surface area contributed by atoms with E-state index in [1.807, 2.05) is 36.4 Å². The molecule has 2 aromatic carbocycles. The molecule has 0 unspecified atom stereocenters. The SMILES string of the molecule is N[C@H]1C[C@H](CNC(=O)CC(Cc2ccccc2)Cc2ccccc2)[C@H](O)C1. The van der Waals surface area contributed by atoms with Crippen molar-refractivity contribution in [1.29, 1.82) is 0 Å². The fourth-order valence-electron chi connectivity index (χ4n) is 4.05. The van der Waals surface area contributed by atoms with Gasteiger partial charge in [0.05, 0.1) is 6.10 Å². The van der Waals surface area contributed by atoms with Gasteiger partial charge in [-0.2, -0.15) is 0 Å². The van der Waals surface area contributed by atoms with Gasteiger partial charge in [-0.3, -0.25) is 4.79 Å². The van der Waals surface area contributed by atoms with Crippen LogP contribution < -0.4 is 11.1 Å². The van der Waals surface area contributed by atoms with Crippen molar-refractivity contribution >= 4 is 5.91 Å². The summed E-state index contributed by atoms with van der Waals surface area (Å²) in [6.07, 6.45) is 3.24. The minimum atomic E-state index is -0.398. The van der Waals surface area contributed by atoms with E-state index in [4.69, 9.17) is 5.73 Å². The van der Waals surface area contributed by atoms with E-state index < -0.39 is 6.10 Å². The number of hydrogen-bond donors (Lipinski definition) is 3. The van der Waals surface area contributed by atoms with Crippen molar-refractivity contribution in [2.75, 3.05) is 6.54 Å². The maximum atomic E-state index is 12.6. The van der Waals surface area contributed by atoms with Gasteiger partial charge in [-0.25, -0.2) is 0 Å². The van der Waals surface area contributed by atoms with E-state index in [1.165, 1.54) is 11.1 Å². The summed E-state index contributed by atoms with van der Waals surface area (Å²) in [7, 11) is 0. The second-order valence-corrected chi connectivity index (χ2v) is 7.81. The van der Waals surface area contributed by atoms with E-state index in [2.05, 4.69) is 29.6 Å². The summed E-state index contributed by atoms with van der Waals surface area (Å²) in [4.78, 5) is 12.6. The maximum Gasteiger partial charge on any atom is 0.220 e. The molecule has 144 valence electrons. The number of benzene rings is 2. The number of aliphatic hydroxyl groups excluding tert-OH is 1. The minimum Gasteiger partial charge on any atom is -0.393 e. The van der Waals surface area contributed by atoms with E-state index in [0.717, 1.165) is 19.3 Å². The minimum absolute atomic E-state index is 0.0470. The van der Waals surface area contributed by atoms with Crippen molar-refractivity contribution in [1.82, 2.24) is 5.32 Å². The molecule has 1 aliphatic rings. The molecular formula is C23H30N2O2. The van der Waals surface area contributed by atoms with Crippen LogP contribution in [0.25, 0.3) is 0 Å². The van der Waals surface area contributed by atoms with Crippen LogP contribution in [0.2, 0.25) is 0 Å². The third-order valence-electron chi connectivity index (χ3n) is 5.46. The number of aliphatic hydroxyl groups is 1. The molecule has 4 N–H and O–H groups in total. The van der Waals surface area contributed by atoms with Crippen molar-refractivity contribution in [3.8, 4) is 0 Å². The Hall–Kier alpha value is -2.17. The highest BCUT2D eigenvalue weighted by Gasteiger charge is 2.31. The monoisotopic (exact) mass is 366 g/mol. The van der Waals surface area contributed by atoms with Crippen LogP contribution >= 0.6 is 0 Å². The Balaban J connectivity index is 1.57. The molecule has 1 saturated carbocycles. The van der Waals surface area contributed by atoms with Crippen LogP contribution in [-0.2, 0) is 17.6 Å². The molecule has 3 atom stereocenters. The average Bonchev–Trinajstić information content (AvgIpc) is 2.99. The topological polar surface area (TPSA) is 75.3 Å². The normalized spacial score (nSPS) is 22.1. The molecule has 0 heterocycles. The van der Waals surface area contributed by atoms with E-state index in [9.17, 15) is 9.90 Å². The Labute approximate surface area is 161 Å². The summed E-state index contributed by atoms with van der Waals surface area (Å²) in [5, 5.41) is 13.0. The van der Waals surface area contributed by atoms with Crippen molar-refractivity contribution in [3.63, 3.8) is 0 Å². The number of nitrogens with one attached hydrogen (secondary N) is 1. The summed E-state index contributed by atoms with van der Waals surface area (Å²) in [5.74, 6) is 0.371. The molecule has 1 amide bonds. The Morgan fingerprint density at radius 3 is 2.04 bits per heavy atom. The third kappa shape index (κ3) is 6.19. The molecule has 4 nitrogen and oxygen atoms in total. The smallest absolute Gasteiger partial charge is 0.220 e. The van der Waals surface area contributed by atoms with Crippen LogP contribution in [0.1, 0.15) is 30.4 Å². The van der Waals surface area contributed by atoms with E-state index in [0.29, 0.717) is 19.4 Å². The largest absolute Gasteiger partial charge is 0.393 e. The molecular weight excluding hydrogens is 336 g/mol. The Morgan fingerprint density at radius 1 is 1.00 bits per heavy atom. The lowest BCUT2D eigenvalue weighted by atomic mass is 9.89. The lowest BCUT2D eigenvalue weighted by Gasteiger charge is -2.19. The molecule has 27 heavy (non-hydrogen) atoms. The molecule has 0 spiro atoms. The van der Waals surface area contributed by atoms with Crippen molar-refractivity contribution in [2.45, 2.75) is 44.2 Å². The van der Waals surface area contributed by atoms with Crippen molar-refractivity contribution in [2.24, 2.45) is 17.6 Å². The second-order valence-electron chi connectivity index (χ2n) is 7.81. The van der Waals surface area contributed by atoms with Gasteiger partial charge in [-0.15, -0.1) is 0 Å². The second kappa shape index (κ2) is 9.67. The van der Waals surface area contributed by atoms with Gasteiger partial charge < -0.3 is 16.2 Å². The van der Waals surface area contributed by atoms with E-state index in [1.54, 1.807) is 0 Å². The summed E-state index contributed by atoms with van der Waals surface area (Å²) in [5.41, 5.74) is 8.41. The van der Waals surface area contributed by atoms with Crippen LogP contribution in [0.4, 0.5) is 0 Å². The molecule has 0 bridgehead atoms. The molecule has 1 fully saturated rings. The quantitative estimate of drug-likeness (QED) is 0.672. The summed E-state index contributed by atoms with van der Waals surface area (Å²) < 4.78 is 0. The van der Waals surface area contributed by atoms with Gasteiger partial charge in [0.25, 0.3) is 0 Å². The van der Waals surface area contributed by atoms with Gasteiger partial charge in [-0.05, 0) is 42.7 Å². The number of rotatable bonds is 8. The molecule has 4 heteroatoms. The Morgan fingerprint density at radius 2 is 1.56 bits per heavy atom. The standard InChI is InChI=1S/C23H30N2O2/c24-21-14-20(22(26)15-21)16-25-23(27)13-19(11-17-7-3-1-4-8-17)12-18-9-5-2-6-10-18/h1-10,19-22,26H,11-16,24H2,(H,25,27)/t20-,21+,22-/m1/s1. The highest BCUT2D eigenvalue weighted by molar-refractivity contribution is 5.76. The molecule has 2 aromatic rings. The van der Waals surface area contributed by atoms with Crippen molar-refractivity contribution in [3.05, 3.63) is 71.8 Å². The first-order valence-corrected chi connectivity index (χ1v) is 9.88. The number of carbonyl (C=O) groups is 1. The highest BCUT2D eigenvalue weighted by atomic mass is 16.3. The first-order valence-electron chi connectivity index (χ1n) is 9.88. The van der Waals surface area contributed by atoms with E-state index in [-0.39, 0.29) is 23.8 Å². The average molecular weight is 367 g/mol. The molecule has 1 aliphatic carbocycles. The fourth-order valence-corrected chi connectivity index (χ4v) is 4.05. The van der Waals surface area contributed by atoms with Gasteiger partial charge in [0, 0.05) is 24.9 Å². The number of carbonyl (C=O) groups excluding carboxylic acids is 1. The van der Waals surface area contributed by atoms with Gasteiger partial charge in [0.2, 0.25) is 5.91 Å². The Bertz CT molecular complexity index is 663. The van der Waals surface area contributed by atoms with Crippen LogP contribution in [0, 0.1) is 11.8 Å². The van der Waals surface area contributed by atoms with Crippen LogP contribution in [0.3, 0.4) is 0 Å². The van der Waals surface area contributed by atoms with Crippen LogP contribution in [0.15, 0.2) is 60.7 Å². The summed E-state index contributed by atoms with van der Waals surface area (Å²) in [6.45, 7) is 0.511. The van der Waals surface area contributed by atoms with Gasteiger partial charge in [-0.1, -0.05) is 60.7 Å². The van der Waals surface area contributed by atoms with Gasteiger partial charge in [0.15, 0.2) is 0 Å². The summed E-state index contributed by atoms with van der Waals surface area (Å²) in [6, 6.07) is 20.7. The summed E-state index contributed by atoms with van der Waals surface area (Å²) >= 11 is 0. The van der Waals surface area contributed by atoms with Crippen LogP contribution in [-0.4, -0.2) is 29.7 Å². The third-order valence-corrected chi connectivity index (χ3v) is 5.46. The maximum absolute atomic E-state index is 12.6. The highest BCUT2D eigenvalue weighted by Crippen LogP contribution is 2.24. The van der Waals surface area contributed by atoms with Crippen molar-refractivity contribution < 1.29 is 9.90 Å². The number of hydrogen-bond acceptors (Lipinski definition) is 3. The molecule has 3 rings (SSSR count). The Kier molecular flexibility index (Phi) is 7.02. The number of nitrogens with two attached hydrogens (primary N) is 1. The molecule has 0 aromatic heterocycles. The molecule has 0 saturated heterocycles. The van der Waals surface area contributed by atoms with Gasteiger partial charge in [0.1, 0.15) is 0 Å². The lowest BCUT2D eigenvalue weighted by molar-refractivity contribution is -0.122. The fraction of sp³-hybridized carbons (Fsp3) is 0.435. The predicted octanol–water partition coefficient (Wildman–Crippen LogP) is 2.69. The molecule has 0 radical (unpaired) electrons.